The molecule has 0 atom stereocenters. The first-order valence-corrected chi connectivity index (χ1v) is 3.88. The molecule has 50 valence electrons. The summed E-state index contributed by atoms with van der Waals surface area (Å²) in [6.45, 7) is 0. The SMILES string of the molecule is Clc1nccnc1C#CI. The van der Waals surface area contributed by atoms with Crippen LogP contribution in [-0.4, -0.2) is 9.97 Å². The Kier molecular flexibility index (Phi) is 2.90. The Bertz CT molecular complexity index is 289. The van der Waals surface area contributed by atoms with Crippen molar-refractivity contribution in [2.75, 3.05) is 0 Å². The first kappa shape index (κ1) is 7.76. The number of hydrogen-bond donors (Lipinski definition) is 0. The van der Waals surface area contributed by atoms with Gasteiger partial charge in [-0.1, -0.05) is 11.6 Å². The lowest BCUT2D eigenvalue weighted by Crippen LogP contribution is -1.84. The Morgan fingerprint density at radius 2 is 2.10 bits per heavy atom. The molecule has 0 unspecified atom stereocenters. The molecule has 0 saturated heterocycles. The Hall–Kier alpha value is -0.340. The summed E-state index contributed by atoms with van der Waals surface area (Å²) >= 11 is 7.54. The van der Waals surface area contributed by atoms with Crippen LogP contribution in [0.15, 0.2) is 12.4 Å². The van der Waals surface area contributed by atoms with E-state index in [0.29, 0.717) is 10.8 Å². The van der Waals surface area contributed by atoms with E-state index in [9.17, 15) is 0 Å². The lowest BCUT2D eigenvalue weighted by molar-refractivity contribution is 1.17. The van der Waals surface area contributed by atoms with Crippen LogP contribution < -0.4 is 0 Å². The molecule has 0 aliphatic carbocycles. The van der Waals surface area contributed by atoms with Crippen molar-refractivity contribution in [3.05, 3.63) is 23.2 Å². The van der Waals surface area contributed by atoms with Crippen LogP contribution >= 0.6 is 34.2 Å². The van der Waals surface area contributed by atoms with Crippen molar-refractivity contribution in [3.8, 4) is 9.85 Å². The van der Waals surface area contributed by atoms with E-state index in [4.69, 9.17) is 11.6 Å². The van der Waals surface area contributed by atoms with Crippen molar-refractivity contribution in [1.82, 2.24) is 9.97 Å². The molecule has 2 nitrogen and oxygen atoms in total. The van der Waals surface area contributed by atoms with Gasteiger partial charge in [0.15, 0.2) is 10.8 Å². The van der Waals surface area contributed by atoms with Crippen LogP contribution in [0.2, 0.25) is 5.15 Å². The van der Waals surface area contributed by atoms with Gasteiger partial charge in [-0.3, -0.25) is 0 Å². The summed E-state index contributed by atoms with van der Waals surface area (Å²) < 4.78 is 2.66. The van der Waals surface area contributed by atoms with Crippen LogP contribution in [0.5, 0.6) is 0 Å². The topological polar surface area (TPSA) is 25.8 Å². The maximum atomic E-state index is 5.62. The molecule has 1 heterocycles. The Labute approximate surface area is 77.2 Å². The predicted octanol–water partition coefficient (Wildman–Crippen LogP) is 1.87. The normalized spacial score (nSPS) is 8.20. The number of aromatic nitrogens is 2. The molecule has 1 aromatic heterocycles. The van der Waals surface area contributed by atoms with Crippen LogP contribution in [-0.2, 0) is 0 Å². The van der Waals surface area contributed by atoms with Crippen molar-refractivity contribution < 1.29 is 0 Å². The second-order valence-electron chi connectivity index (χ2n) is 1.42. The molecule has 1 rings (SSSR count). The zero-order valence-corrected chi connectivity index (χ0v) is 7.72. The zero-order chi connectivity index (χ0) is 7.40. The van der Waals surface area contributed by atoms with Gasteiger partial charge in [0.05, 0.1) is 0 Å². The molecular weight excluding hydrogens is 262 g/mol. The predicted molar refractivity (Wildman–Crippen MR) is 47.9 cm³/mol. The smallest absolute Gasteiger partial charge is 0.163 e. The molecule has 0 bridgehead atoms. The van der Waals surface area contributed by atoms with Gasteiger partial charge in [0.25, 0.3) is 0 Å². The lowest BCUT2D eigenvalue weighted by Gasteiger charge is -1.88. The number of nitrogens with zero attached hydrogens (tertiary/aromatic N) is 2. The summed E-state index contributed by atoms with van der Waals surface area (Å²) in [7, 11) is 0. The molecule has 10 heavy (non-hydrogen) atoms. The molecule has 0 N–H and O–H groups in total. The highest BCUT2D eigenvalue weighted by Crippen LogP contribution is 2.05. The fourth-order valence-electron chi connectivity index (χ4n) is 0.450. The first-order chi connectivity index (χ1) is 4.84. The van der Waals surface area contributed by atoms with Crippen LogP contribution in [0.4, 0.5) is 0 Å². The third kappa shape index (κ3) is 1.82. The van der Waals surface area contributed by atoms with Gasteiger partial charge in [0.2, 0.25) is 0 Å². The molecule has 0 fully saturated rings. The van der Waals surface area contributed by atoms with Crippen LogP contribution in [0.3, 0.4) is 0 Å². The summed E-state index contributed by atoms with van der Waals surface area (Å²) in [6.07, 6.45) is 3.09. The van der Waals surface area contributed by atoms with Crippen LogP contribution in [0, 0.1) is 9.85 Å². The van der Waals surface area contributed by atoms with Crippen LogP contribution in [0.1, 0.15) is 5.69 Å². The maximum absolute atomic E-state index is 5.62. The molecule has 0 aliphatic rings. The summed E-state index contributed by atoms with van der Waals surface area (Å²) in [4.78, 5) is 7.69. The third-order valence-corrected chi connectivity index (χ3v) is 1.37. The van der Waals surface area contributed by atoms with E-state index >= 15 is 0 Å². The van der Waals surface area contributed by atoms with Gasteiger partial charge in [-0.2, -0.15) is 0 Å². The van der Waals surface area contributed by atoms with E-state index in [1.54, 1.807) is 6.20 Å². The third-order valence-electron chi connectivity index (χ3n) is 0.819. The van der Waals surface area contributed by atoms with Gasteiger partial charge in [-0.15, -0.1) is 0 Å². The molecule has 0 amide bonds. The van der Waals surface area contributed by atoms with Crippen molar-refractivity contribution >= 4 is 34.2 Å². The van der Waals surface area contributed by atoms with Gasteiger partial charge in [-0.25, -0.2) is 9.97 Å². The van der Waals surface area contributed by atoms with Crippen molar-refractivity contribution in [2.24, 2.45) is 0 Å². The molecule has 0 radical (unpaired) electrons. The quantitative estimate of drug-likeness (QED) is 0.528. The molecule has 0 aliphatic heterocycles. The number of halogens is 2. The molecule has 0 spiro atoms. The Morgan fingerprint density at radius 1 is 1.40 bits per heavy atom. The van der Waals surface area contributed by atoms with Crippen molar-refractivity contribution in [1.29, 1.82) is 0 Å². The minimum absolute atomic E-state index is 0.353. The zero-order valence-electron chi connectivity index (χ0n) is 4.81. The number of hydrogen-bond acceptors (Lipinski definition) is 2. The first-order valence-electron chi connectivity index (χ1n) is 2.42. The van der Waals surface area contributed by atoms with E-state index in [1.165, 1.54) is 6.20 Å². The molecule has 0 aromatic carbocycles. The van der Waals surface area contributed by atoms with Gasteiger partial charge in [0.1, 0.15) is 0 Å². The maximum Gasteiger partial charge on any atom is 0.163 e. The van der Waals surface area contributed by atoms with Crippen molar-refractivity contribution in [3.63, 3.8) is 0 Å². The minimum atomic E-state index is 0.353. The summed E-state index contributed by atoms with van der Waals surface area (Å²) in [5, 5.41) is 0.353. The number of rotatable bonds is 0. The average molecular weight is 264 g/mol. The average Bonchev–Trinajstić information content (AvgIpc) is 1.94. The van der Waals surface area contributed by atoms with Gasteiger partial charge >= 0.3 is 0 Å². The largest absolute Gasteiger partial charge is 0.243 e. The fraction of sp³-hybridized carbons (Fsp3) is 0. The van der Waals surface area contributed by atoms with E-state index in [1.807, 2.05) is 22.6 Å². The summed E-state index contributed by atoms with van der Waals surface area (Å²) in [5.41, 5.74) is 0.526. The fourth-order valence-corrected chi connectivity index (χ4v) is 0.857. The standard InChI is InChI=1S/C6H2ClIN2/c7-6-5(1-2-8)9-3-4-10-6/h3-4H. The van der Waals surface area contributed by atoms with Gasteiger partial charge in [0, 0.05) is 35.0 Å². The molecule has 4 heteroatoms. The van der Waals surface area contributed by atoms with E-state index in [0.717, 1.165) is 0 Å². The second-order valence-corrected chi connectivity index (χ2v) is 2.31. The van der Waals surface area contributed by atoms with E-state index in [2.05, 4.69) is 19.8 Å². The Morgan fingerprint density at radius 3 is 2.70 bits per heavy atom. The van der Waals surface area contributed by atoms with E-state index in [-0.39, 0.29) is 0 Å². The second kappa shape index (κ2) is 3.74. The van der Waals surface area contributed by atoms with E-state index < -0.39 is 0 Å². The van der Waals surface area contributed by atoms with Gasteiger partial charge in [-0.05, 0) is 9.85 Å². The molecule has 0 saturated carbocycles. The highest BCUT2D eigenvalue weighted by atomic mass is 127. The monoisotopic (exact) mass is 264 g/mol. The van der Waals surface area contributed by atoms with Gasteiger partial charge < -0.3 is 0 Å². The van der Waals surface area contributed by atoms with Crippen LogP contribution in [0.25, 0.3) is 0 Å². The summed E-state index contributed by atoms with van der Waals surface area (Å²) in [6, 6.07) is 0. The highest BCUT2D eigenvalue weighted by molar-refractivity contribution is 14.1. The van der Waals surface area contributed by atoms with Crippen molar-refractivity contribution in [2.45, 2.75) is 0 Å². The minimum Gasteiger partial charge on any atom is -0.243 e. The lowest BCUT2D eigenvalue weighted by atomic mass is 10.5. The Balaban J connectivity index is 3.11. The summed E-state index contributed by atoms with van der Waals surface area (Å²) in [5.74, 6) is 2.71. The highest BCUT2D eigenvalue weighted by Gasteiger charge is 1.94. The molecule has 1 aromatic rings. The molecular formula is C6H2ClIN2.